The van der Waals surface area contributed by atoms with E-state index in [1.54, 1.807) is 0 Å². The Kier molecular flexibility index (Phi) is 3.52. The Morgan fingerprint density at radius 3 is 2.90 bits per heavy atom. The fourth-order valence-corrected chi connectivity index (χ4v) is 3.54. The molecule has 2 atom stereocenters. The number of hydrogen-bond acceptors (Lipinski definition) is 3. The molecule has 0 saturated heterocycles. The van der Waals surface area contributed by atoms with Gasteiger partial charge >= 0.3 is 0 Å². The van der Waals surface area contributed by atoms with Gasteiger partial charge in [-0.2, -0.15) is 5.10 Å². The average Bonchev–Trinajstić information content (AvgIpc) is 3.02. The first-order valence-electron chi connectivity index (χ1n) is 7.53. The van der Waals surface area contributed by atoms with Gasteiger partial charge in [-0.15, -0.1) is 0 Å². The number of nitrogens with two attached hydrogens (primary N) is 1. The van der Waals surface area contributed by atoms with Crippen molar-refractivity contribution in [2.24, 2.45) is 11.1 Å². The van der Waals surface area contributed by atoms with E-state index in [0.29, 0.717) is 6.54 Å². The highest BCUT2D eigenvalue weighted by atomic mass is 16.3. The summed E-state index contributed by atoms with van der Waals surface area (Å²) >= 11 is 0. The van der Waals surface area contributed by atoms with Crippen LogP contribution in [0.15, 0.2) is 24.3 Å². The van der Waals surface area contributed by atoms with Crippen molar-refractivity contribution in [1.29, 1.82) is 0 Å². The predicted octanol–water partition coefficient (Wildman–Crippen LogP) is 2.09. The zero-order valence-corrected chi connectivity index (χ0v) is 12.0. The van der Waals surface area contributed by atoms with Gasteiger partial charge in [0, 0.05) is 30.3 Å². The van der Waals surface area contributed by atoms with Crippen LogP contribution in [0.25, 0.3) is 10.9 Å². The van der Waals surface area contributed by atoms with Gasteiger partial charge in [-0.05, 0) is 25.8 Å². The molecule has 1 aliphatic rings. The number of nitrogens with zero attached hydrogens (tertiary/aromatic N) is 2. The molecule has 1 aromatic heterocycles. The van der Waals surface area contributed by atoms with E-state index >= 15 is 0 Å². The zero-order valence-electron chi connectivity index (χ0n) is 12.0. The molecule has 2 unspecified atom stereocenters. The van der Waals surface area contributed by atoms with Gasteiger partial charge in [-0.3, -0.25) is 4.68 Å². The smallest absolute Gasteiger partial charge is 0.0710 e. The summed E-state index contributed by atoms with van der Waals surface area (Å²) in [5.74, 6) is 0. The van der Waals surface area contributed by atoms with E-state index in [-0.39, 0.29) is 11.5 Å². The van der Waals surface area contributed by atoms with E-state index in [1.807, 2.05) is 16.8 Å². The molecule has 0 radical (unpaired) electrons. The third-order valence-corrected chi connectivity index (χ3v) is 4.82. The maximum atomic E-state index is 10.3. The molecule has 0 aliphatic heterocycles. The Bertz CT molecular complexity index is 607. The highest BCUT2D eigenvalue weighted by Gasteiger charge is 2.41. The topological polar surface area (TPSA) is 64.1 Å². The van der Waals surface area contributed by atoms with Gasteiger partial charge in [0.15, 0.2) is 0 Å². The zero-order chi connectivity index (χ0) is 14.2. The van der Waals surface area contributed by atoms with Crippen LogP contribution in [0, 0.1) is 5.41 Å². The van der Waals surface area contributed by atoms with E-state index < -0.39 is 0 Å². The number of hydrogen-bond donors (Lipinski definition) is 2. The van der Waals surface area contributed by atoms with E-state index in [9.17, 15) is 5.11 Å². The Morgan fingerprint density at radius 2 is 2.25 bits per heavy atom. The summed E-state index contributed by atoms with van der Waals surface area (Å²) in [7, 11) is 0. The van der Waals surface area contributed by atoms with Crippen LogP contribution in [0.5, 0.6) is 0 Å². The summed E-state index contributed by atoms with van der Waals surface area (Å²) in [5.41, 5.74) is 8.06. The van der Waals surface area contributed by atoms with Crippen LogP contribution in [-0.4, -0.2) is 27.5 Å². The van der Waals surface area contributed by atoms with Crippen molar-refractivity contribution in [2.75, 3.05) is 6.54 Å². The SMILES string of the molecule is CCn1nc(CC2(CN)CCCC2O)c2ccccc21. The Balaban J connectivity index is 2.02. The molecule has 4 nitrogen and oxygen atoms in total. The van der Waals surface area contributed by atoms with Crippen LogP contribution >= 0.6 is 0 Å². The van der Waals surface area contributed by atoms with Crippen molar-refractivity contribution in [1.82, 2.24) is 9.78 Å². The Morgan fingerprint density at radius 1 is 1.45 bits per heavy atom. The highest BCUT2D eigenvalue weighted by Crippen LogP contribution is 2.41. The van der Waals surface area contributed by atoms with E-state index in [2.05, 4.69) is 19.1 Å². The van der Waals surface area contributed by atoms with Crippen LogP contribution in [0.4, 0.5) is 0 Å². The van der Waals surface area contributed by atoms with Crippen molar-refractivity contribution in [2.45, 2.75) is 45.3 Å². The molecule has 0 spiro atoms. The molecule has 4 heteroatoms. The molecule has 1 aliphatic carbocycles. The number of para-hydroxylation sites is 1. The lowest BCUT2D eigenvalue weighted by atomic mass is 9.79. The largest absolute Gasteiger partial charge is 0.392 e. The van der Waals surface area contributed by atoms with Gasteiger partial charge in [0.05, 0.1) is 17.3 Å². The molecule has 1 heterocycles. The minimum absolute atomic E-state index is 0.185. The molecule has 3 rings (SSSR count). The minimum atomic E-state index is -0.293. The van der Waals surface area contributed by atoms with Crippen LogP contribution in [0.2, 0.25) is 0 Å². The first kappa shape index (κ1) is 13.6. The number of aliphatic hydroxyl groups excluding tert-OH is 1. The summed E-state index contributed by atoms with van der Waals surface area (Å²) in [6.45, 7) is 3.49. The third-order valence-electron chi connectivity index (χ3n) is 4.82. The van der Waals surface area contributed by atoms with Crippen LogP contribution in [-0.2, 0) is 13.0 Å². The van der Waals surface area contributed by atoms with Crippen molar-refractivity contribution in [3.8, 4) is 0 Å². The van der Waals surface area contributed by atoms with Crippen LogP contribution in [0.1, 0.15) is 31.9 Å². The molecule has 20 heavy (non-hydrogen) atoms. The molecule has 0 bridgehead atoms. The average molecular weight is 273 g/mol. The second-order valence-electron chi connectivity index (χ2n) is 5.93. The third kappa shape index (κ3) is 2.03. The quantitative estimate of drug-likeness (QED) is 0.896. The first-order valence-corrected chi connectivity index (χ1v) is 7.53. The fraction of sp³-hybridized carbons (Fsp3) is 0.562. The first-order chi connectivity index (χ1) is 9.70. The Hall–Kier alpha value is -1.39. The van der Waals surface area contributed by atoms with Gasteiger partial charge < -0.3 is 10.8 Å². The maximum Gasteiger partial charge on any atom is 0.0710 e. The summed E-state index contributed by atoms with van der Waals surface area (Å²) < 4.78 is 2.04. The molecular formula is C16H23N3O. The number of fused-ring (bicyclic) bond motifs is 1. The summed E-state index contributed by atoms with van der Waals surface area (Å²) in [6, 6.07) is 8.32. The maximum absolute atomic E-state index is 10.3. The van der Waals surface area contributed by atoms with Gasteiger partial charge in [-0.1, -0.05) is 24.6 Å². The highest BCUT2D eigenvalue weighted by molar-refractivity contribution is 5.82. The van der Waals surface area contributed by atoms with Gasteiger partial charge in [0.25, 0.3) is 0 Å². The normalized spacial score (nSPS) is 26.4. The molecule has 1 saturated carbocycles. The summed E-state index contributed by atoms with van der Waals surface area (Å²) in [6.07, 6.45) is 3.41. The molecule has 108 valence electrons. The van der Waals surface area contributed by atoms with Crippen LogP contribution in [0.3, 0.4) is 0 Å². The summed E-state index contributed by atoms with van der Waals surface area (Å²) in [5, 5.41) is 16.3. The van der Waals surface area contributed by atoms with Crippen molar-refractivity contribution in [3.63, 3.8) is 0 Å². The second kappa shape index (κ2) is 5.19. The molecule has 1 fully saturated rings. The lowest BCUT2D eigenvalue weighted by Gasteiger charge is -2.30. The predicted molar refractivity (Wildman–Crippen MR) is 80.5 cm³/mol. The van der Waals surface area contributed by atoms with E-state index in [4.69, 9.17) is 10.8 Å². The monoisotopic (exact) mass is 273 g/mol. The van der Waals surface area contributed by atoms with Crippen molar-refractivity contribution in [3.05, 3.63) is 30.0 Å². The van der Waals surface area contributed by atoms with Crippen molar-refractivity contribution >= 4 is 10.9 Å². The lowest BCUT2D eigenvalue weighted by molar-refractivity contribution is 0.0582. The van der Waals surface area contributed by atoms with Gasteiger partial charge in [-0.25, -0.2) is 0 Å². The molecule has 3 N–H and O–H groups in total. The van der Waals surface area contributed by atoms with E-state index in [1.165, 1.54) is 10.9 Å². The fourth-order valence-electron chi connectivity index (χ4n) is 3.54. The minimum Gasteiger partial charge on any atom is -0.392 e. The number of benzene rings is 1. The number of aliphatic hydroxyl groups is 1. The van der Waals surface area contributed by atoms with Gasteiger partial charge in [0.2, 0.25) is 0 Å². The number of rotatable bonds is 4. The number of aryl methyl sites for hydroxylation is 1. The van der Waals surface area contributed by atoms with Crippen molar-refractivity contribution < 1.29 is 5.11 Å². The van der Waals surface area contributed by atoms with Crippen LogP contribution < -0.4 is 5.73 Å². The summed E-state index contributed by atoms with van der Waals surface area (Å²) in [4.78, 5) is 0. The molecule has 1 aromatic carbocycles. The molecular weight excluding hydrogens is 250 g/mol. The Labute approximate surface area is 119 Å². The number of aromatic nitrogens is 2. The second-order valence-corrected chi connectivity index (χ2v) is 5.93. The van der Waals surface area contributed by atoms with E-state index in [0.717, 1.165) is 37.9 Å². The molecule has 2 aromatic rings. The molecule has 0 amide bonds. The lowest BCUT2D eigenvalue weighted by Crippen LogP contribution is -2.39. The standard InChI is InChI=1S/C16H23N3O/c1-2-19-14-7-4-3-6-12(14)13(18-19)10-16(11-17)9-5-8-15(16)20/h3-4,6-7,15,20H,2,5,8-11,17H2,1H3. The van der Waals surface area contributed by atoms with Gasteiger partial charge in [0.1, 0.15) is 0 Å².